The van der Waals surface area contributed by atoms with Crippen LogP contribution in [0, 0.1) is 0 Å². The molecule has 0 aromatic heterocycles. The first-order valence-electron chi connectivity index (χ1n) is 5.48. The van der Waals surface area contributed by atoms with Crippen LogP contribution in [0.25, 0.3) is 0 Å². The van der Waals surface area contributed by atoms with Crippen molar-refractivity contribution >= 4 is 11.9 Å². The van der Waals surface area contributed by atoms with Crippen LogP contribution in [-0.4, -0.2) is 41.8 Å². The molecule has 16 heavy (non-hydrogen) atoms. The van der Waals surface area contributed by atoms with Crippen LogP contribution in [0.5, 0.6) is 0 Å². The number of hydrogen-bond acceptors (Lipinski definition) is 5. The third-order valence-corrected chi connectivity index (χ3v) is 2.60. The third kappa shape index (κ3) is 3.18. The zero-order valence-electron chi connectivity index (χ0n) is 9.31. The molecular weight excluding hydrogens is 212 g/mol. The second-order valence-corrected chi connectivity index (χ2v) is 3.93. The molecule has 0 aromatic rings. The summed E-state index contributed by atoms with van der Waals surface area (Å²) in [6.07, 6.45) is 1.26. The maximum Gasteiger partial charge on any atom is 0.324 e. The Hall–Kier alpha value is -1.14. The average Bonchev–Trinajstić information content (AvgIpc) is 2.66. The maximum atomic E-state index is 11.5. The van der Waals surface area contributed by atoms with Crippen molar-refractivity contribution in [3.63, 3.8) is 0 Å². The minimum absolute atomic E-state index is 0.512. The van der Waals surface area contributed by atoms with Crippen molar-refractivity contribution in [2.24, 2.45) is 5.73 Å². The molecule has 6 heteroatoms. The minimum Gasteiger partial charge on any atom is -0.480 e. The van der Waals surface area contributed by atoms with Gasteiger partial charge >= 0.3 is 11.9 Å². The average molecular weight is 230 g/mol. The van der Waals surface area contributed by atoms with Crippen LogP contribution < -0.4 is 11.1 Å². The fourth-order valence-corrected chi connectivity index (χ4v) is 1.72. The Morgan fingerprint density at radius 1 is 1.62 bits per heavy atom. The molecule has 1 unspecified atom stereocenters. The summed E-state index contributed by atoms with van der Waals surface area (Å²) in [6, 6.07) is -1.46. The summed E-state index contributed by atoms with van der Waals surface area (Å²) in [4.78, 5) is 22.3. The van der Waals surface area contributed by atoms with Crippen LogP contribution in [0.4, 0.5) is 0 Å². The largest absolute Gasteiger partial charge is 0.480 e. The summed E-state index contributed by atoms with van der Waals surface area (Å²) < 4.78 is 5.09. The van der Waals surface area contributed by atoms with Gasteiger partial charge in [-0.3, -0.25) is 9.59 Å². The Balaban J connectivity index is 2.47. The molecule has 0 radical (unpaired) electrons. The highest BCUT2D eigenvalue weighted by Gasteiger charge is 2.36. The monoisotopic (exact) mass is 230 g/mol. The van der Waals surface area contributed by atoms with Crippen LogP contribution in [0.1, 0.15) is 26.2 Å². The van der Waals surface area contributed by atoms with E-state index in [1.54, 1.807) is 0 Å². The number of hydrogen-bond donors (Lipinski definition) is 3. The van der Waals surface area contributed by atoms with Crippen molar-refractivity contribution in [1.82, 2.24) is 5.32 Å². The van der Waals surface area contributed by atoms with E-state index in [1.165, 1.54) is 0 Å². The molecule has 1 saturated heterocycles. The van der Waals surface area contributed by atoms with E-state index in [0.29, 0.717) is 19.4 Å². The normalized spacial score (nSPS) is 26.4. The topological polar surface area (TPSA) is 102 Å². The number of carboxylic acids is 1. The number of nitrogens with two attached hydrogens (primary N) is 1. The van der Waals surface area contributed by atoms with Gasteiger partial charge in [0.2, 0.25) is 0 Å². The Kier molecular flexibility index (Phi) is 4.70. The van der Waals surface area contributed by atoms with E-state index in [1.807, 2.05) is 6.92 Å². The molecule has 0 saturated carbocycles. The number of esters is 1. The van der Waals surface area contributed by atoms with Crippen LogP contribution in [0.3, 0.4) is 0 Å². The molecule has 1 aliphatic rings. The Morgan fingerprint density at radius 2 is 2.31 bits per heavy atom. The number of carbonyl (C=O) groups is 2. The van der Waals surface area contributed by atoms with Gasteiger partial charge in [-0.2, -0.15) is 0 Å². The molecule has 1 aliphatic heterocycles. The first kappa shape index (κ1) is 12.9. The molecule has 1 rings (SSSR count). The van der Waals surface area contributed by atoms with Gasteiger partial charge in [0, 0.05) is 0 Å². The number of carboxylic acid groups (broad SMARTS) is 1. The first-order chi connectivity index (χ1) is 7.56. The van der Waals surface area contributed by atoms with Crippen molar-refractivity contribution in [2.75, 3.05) is 6.54 Å². The van der Waals surface area contributed by atoms with Crippen molar-refractivity contribution in [3.05, 3.63) is 0 Å². The van der Waals surface area contributed by atoms with E-state index in [4.69, 9.17) is 15.6 Å². The Bertz CT molecular complexity index is 270. The molecule has 1 heterocycles. The van der Waals surface area contributed by atoms with Crippen molar-refractivity contribution < 1.29 is 19.4 Å². The SMILES string of the molecule is CCC[C@H](N)C(=O)OC1CCN[C@@H]1C(=O)O. The van der Waals surface area contributed by atoms with Gasteiger partial charge in [0.15, 0.2) is 0 Å². The summed E-state index contributed by atoms with van der Waals surface area (Å²) in [6.45, 7) is 2.46. The second kappa shape index (κ2) is 5.81. The van der Waals surface area contributed by atoms with Gasteiger partial charge in [-0.05, 0) is 19.4 Å². The van der Waals surface area contributed by atoms with Crippen molar-refractivity contribution in [1.29, 1.82) is 0 Å². The summed E-state index contributed by atoms with van der Waals surface area (Å²) in [5.74, 6) is -1.51. The molecule has 0 spiro atoms. The molecule has 4 N–H and O–H groups in total. The highest BCUT2D eigenvalue weighted by Crippen LogP contribution is 2.13. The van der Waals surface area contributed by atoms with Gasteiger partial charge in [0.25, 0.3) is 0 Å². The highest BCUT2D eigenvalue weighted by atomic mass is 16.5. The van der Waals surface area contributed by atoms with Gasteiger partial charge in [-0.1, -0.05) is 13.3 Å². The number of aliphatic carboxylic acids is 1. The molecule has 1 fully saturated rings. The van der Waals surface area contributed by atoms with Gasteiger partial charge in [-0.25, -0.2) is 0 Å². The Morgan fingerprint density at radius 3 is 2.88 bits per heavy atom. The smallest absolute Gasteiger partial charge is 0.324 e. The number of ether oxygens (including phenoxy) is 1. The fourth-order valence-electron chi connectivity index (χ4n) is 1.72. The van der Waals surface area contributed by atoms with E-state index in [0.717, 1.165) is 6.42 Å². The standard InChI is InChI=1S/C10H18N2O4/c1-2-3-6(11)10(15)16-7-4-5-12-8(7)9(13)14/h6-8,12H,2-5,11H2,1H3,(H,13,14)/t6-,7?,8-/m0/s1. The lowest BCUT2D eigenvalue weighted by Gasteiger charge is -2.18. The summed E-state index contributed by atoms with van der Waals surface area (Å²) in [5, 5.41) is 11.6. The zero-order valence-corrected chi connectivity index (χ0v) is 9.31. The van der Waals surface area contributed by atoms with Crippen LogP contribution in [0.15, 0.2) is 0 Å². The second-order valence-electron chi connectivity index (χ2n) is 3.93. The Labute approximate surface area is 94.1 Å². The van der Waals surface area contributed by atoms with E-state index < -0.39 is 30.1 Å². The van der Waals surface area contributed by atoms with E-state index in [2.05, 4.69) is 5.32 Å². The molecular formula is C10H18N2O4. The lowest BCUT2D eigenvalue weighted by atomic mass is 10.1. The summed E-state index contributed by atoms with van der Waals surface area (Å²) in [5.41, 5.74) is 5.59. The van der Waals surface area contributed by atoms with Gasteiger partial charge in [0.05, 0.1) is 0 Å². The van der Waals surface area contributed by atoms with Gasteiger partial charge in [0.1, 0.15) is 18.2 Å². The maximum absolute atomic E-state index is 11.5. The first-order valence-corrected chi connectivity index (χ1v) is 5.48. The molecule has 0 amide bonds. The lowest BCUT2D eigenvalue weighted by Crippen LogP contribution is -2.43. The fraction of sp³-hybridized carbons (Fsp3) is 0.800. The predicted molar refractivity (Wildman–Crippen MR) is 56.8 cm³/mol. The van der Waals surface area contributed by atoms with Gasteiger partial charge in [-0.15, -0.1) is 0 Å². The summed E-state index contributed by atoms with van der Waals surface area (Å²) >= 11 is 0. The molecule has 0 aliphatic carbocycles. The number of carbonyl (C=O) groups excluding carboxylic acids is 1. The minimum atomic E-state index is -1.00. The lowest BCUT2D eigenvalue weighted by molar-refractivity contribution is -0.155. The molecule has 6 nitrogen and oxygen atoms in total. The predicted octanol–water partition coefficient (Wildman–Crippen LogP) is -0.528. The van der Waals surface area contributed by atoms with Crippen LogP contribution in [-0.2, 0) is 14.3 Å². The number of nitrogens with one attached hydrogen (secondary N) is 1. The summed E-state index contributed by atoms with van der Waals surface area (Å²) in [7, 11) is 0. The van der Waals surface area contributed by atoms with E-state index >= 15 is 0 Å². The molecule has 0 aromatic carbocycles. The van der Waals surface area contributed by atoms with Crippen LogP contribution >= 0.6 is 0 Å². The molecule has 3 atom stereocenters. The van der Waals surface area contributed by atoms with Crippen LogP contribution in [0.2, 0.25) is 0 Å². The van der Waals surface area contributed by atoms with E-state index in [-0.39, 0.29) is 0 Å². The van der Waals surface area contributed by atoms with E-state index in [9.17, 15) is 9.59 Å². The zero-order chi connectivity index (χ0) is 12.1. The number of rotatable bonds is 5. The van der Waals surface area contributed by atoms with Gasteiger partial charge < -0.3 is 20.9 Å². The molecule has 0 bridgehead atoms. The van der Waals surface area contributed by atoms with Crippen molar-refractivity contribution in [3.8, 4) is 0 Å². The third-order valence-electron chi connectivity index (χ3n) is 2.60. The molecule has 92 valence electrons. The quantitative estimate of drug-likeness (QED) is 0.549. The van der Waals surface area contributed by atoms with Crippen molar-refractivity contribution in [2.45, 2.75) is 44.4 Å². The highest BCUT2D eigenvalue weighted by molar-refractivity contribution is 5.78.